The predicted molar refractivity (Wildman–Crippen MR) is 125 cm³/mol. The van der Waals surface area contributed by atoms with Crippen LogP contribution in [-0.2, 0) is 11.4 Å². The van der Waals surface area contributed by atoms with Gasteiger partial charge in [0, 0.05) is 10.1 Å². The van der Waals surface area contributed by atoms with Crippen molar-refractivity contribution < 1.29 is 37.3 Å². The van der Waals surface area contributed by atoms with E-state index in [0.29, 0.717) is 33.7 Å². The molecule has 1 atom stereocenters. The molecule has 186 valence electrons. The summed E-state index contributed by atoms with van der Waals surface area (Å²) in [4.78, 5) is 25.0. The average molecular weight is 528 g/mol. The third kappa shape index (κ3) is 5.48. The number of carbonyl (C=O) groups excluding carboxylic acids is 1. The van der Waals surface area contributed by atoms with Crippen LogP contribution in [0.25, 0.3) is 10.1 Å². The molecule has 0 aliphatic heterocycles. The van der Waals surface area contributed by atoms with E-state index in [0.717, 1.165) is 4.70 Å². The van der Waals surface area contributed by atoms with Crippen LogP contribution < -0.4 is 14.8 Å². The van der Waals surface area contributed by atoms with E-state index >= 15 is 0 Å². The lowest BCUT2D eigenvalue weighted by Crippen LogP contribution is -2.46. The van der Waals surface area contributed by atoms with Crippen LogP contribution in [0.3, 0.4) is 0 Å². The Hall–Kier alpha value is -2.98. The van der Waals surface area contributed by atoms with Crippen molar-refractivity contribution in [3.05, 3.63) is 57.4 Å². The molecule has 0 radical (unpaired) electrons. The Morgan fingerprint density at radius 1 is 1.20 bits per heavy atom. The number of halogens is 4. The van der Waals surface area contributed by atoms with Gasteiger partial charge in [0.2, 0.25) is 0 Å². The summed E-state index contributed by atoms with van der Waals surface area (Å²) in [5, 5.41) is 12.9. The van der Waals surface area contributed by atoms with Gasteiger partial charge in [-0.15, -0.1) is 24.5 Å². The minimum Gasteiger partial charge on any atom is -0.487 e. The number of benzene rings is 2. The summed E-state index contributed by atoms with van der Waals surface area (Å²) in [6, 6.07) is 7.39. The van der Waals surface area contributed by atoms with Crippen molar-refractivity contribution in [1.82, 2.24) is 5.32 Å². The molecule has 1 aromatic heterocycles. The zero-order chi connectivity index (χ0) is 25.5. The smallest absolute Gasteiger partial charge is 0.487 e. The van der Waals surface area contributed by atoms with Gasteiger partial charge in [0.25, 0.3) is 5.91 Å². The minimum atomic E-state index is -4.79. The van der Waals surface area contributed by atoms with E-state index in [4.69, 9.17) is 16.3 Å². The van der Waals surface area contributed by atoms with E-state index < -0.39 is 29.7 Å². The van der Waals surface area contributed by atoms with Crippen molar-refractivity contribution in [2.75, 3.05) is 0 Å². The molecule has 35 heavy (non-hydrogen) atoms. The Kier molecular flexibility index (Phi) is 6.63. The summed E-state index contributed by atoms with van der Waals surface area (Å²) in [6.07, 6.45) is -3.41. The van der Waals surface area contributed by atoms with Crippen LogP contribution in [0, 0.1) is 12.3 Å². The summed E-state index contributed by atoms with van der Waals surface area (Å²) >= 11 is 7.63. The summed E-state index contributed by atoms with van der Waals surface area (Å²) in [7, 11) is 0. The summed E-state index contributed by atoms with van der Waals surface area (Å²) in [5.74, 6) is -1.85. The van der Waals surface area contributed by atoms with Crippen LogP contribution in [0.5, 0.6) is 11.5 Å². The van der Waals surface area contributed by atoms with Gasteiger partial charge in [0.05, 0.1) is 9.90 Å². The molecule has 3 aromatic rings. The van der Waals surface area contributed by atoms with E-state index in [1.54, 1.807) is 19.1 Å². The Balaban J connectivity index is 1.63. The van der Waals surface area contributed by atoms with Crippen molar-refractivity contribution in [2.24, 2.45) is 5.41 Å². The molecule has 1 amide bonds. The highest BCUT2D eigenvalue weighted by Gasteiger charge is 2.49. The van der Waals surface area contributed by atoms with Crippen LogP contribution in [-0.4, -0.2) is 29.4 Å². The molecule has 2 aromatic carbocycles. The maximum absolute atomic E-state index is 13.2. The number of carboxylic acid groups (broad SMARTS) is 1. The monoisotopic (exact) mass is 527 g/mol. The zero-order valence-electron chi connectivity index (χ0n) is 18.7. The molecule has 0 spiro atoms. The van der Waals surface area contributed by atoms with Crippen LogP contribution in [0.4, 0.5) is 13.2 Å². The molecule has 1 saturated carbocycles. The summed E-state index contributed by atoms with van der Waals surface area (Å²) in [5.41, 5.74) is 0.876. The molecule has 1 fully saturated rings. The number of thiophene rings is 1. The van der Waals surface area contributed by atoms with E-state index in [-0.39, 0.29) is 23.7 Å². The molecule has 4 rings (SSSR count). The quantitative estimate of drug-likeness (QED) is 0.358. The number of fused-ring (bicyclic) bond motifs is 1. The fourth-order valence-electron chi connectivity index (χ4n) is 3.78. The number of hydrogen-bond donors (Lipinski definition) is 2. The first-order chi connectivity index (χ1) is 16.4. The van der Waals surface area contributed by atoms with Gasteiger partial charge in [-0.2, -0.15) is 0 Å². The summed E-state index contributed by atoms with van der Waals surface area (Å²) in [6.45, 7) is 3.53. The first-order valence-electron chi connectivity index (χ1n) is 10.6. The molecular weight excluding hydrogens is 507 g/mol. The lowest BCUT2D eigenvalue weighted by atomic mass is 9.98. The number of hydrogen-bond acceptors (Lipinski definition) is 5. The zero-order valence-corrected chi connectivity index (χ0v) is 20.2. The predicted octanol–water partition coefficient (Wildman–Crippen LogP) is 6.32. The highest BCUT2D eigenvalue weighted by molar-refractivity contribution is 7.23. The minimum absolute atomic E-state index is 0.0569. The van der Waals surface area contributed by atoms with E-state index in [1.807, 2.05) is 6.92 Å². The molecule has 2 N–H and O–H groups in total. The van der Waals surface area contributed by atoms with Gasteiger partial charge in [-0.05, 0) is 60.6 Å². The third-order valence-electron chi connectivity index (χ3n) is 6.03. The lowest BCUT2D eigenvalue weighted by Gasteiger charge is -2.21. The number of ether oxygens (including phenoxy) is 2. The number of aliphatic carboxylic acids is 1. The lowest BCUT2D eigenvalue weighted by molar-refractivity contribution is -0.274. The van der Waals surface area contributed by atoms with Crippen LogP contribution in [0.2, 0.25) is 4.34 Å². The number of nitrogens with one attached hydrogen (secondary N) is 1. The fraction of sp³-hybridized carbons (Fsp3) is 0.333. The highest BCUT2D eigenvalue weighted by atomic mass is 35.5. The molecular formula is C24H21ClF3NO5S. The fourth-order valence-corrected chi connectivity index (χ4v) is 5.05. The van der Waals surface area contributed by atoms with Gasteiger partial charge >= 0.3 is 12.3 Å². The van der Waals surface area contributed by atoms with Crippen LogP contribution in [0.1, 0.15) is 41.3 Å². The van der Waals surface area contributed by atoms with Gasteiger partial charge in [-0.3, -0.25) is 4.79 Å². The first kappa shape index (κ1) is 25.1. The Morgan fingerprint density at radius 2 is 1.86 bits per heavy atom. The highest BCUT2D eigenvalue weighted by Crippen LogP contribution is 2.48. The molecule has 0 bridgehead atoms. The largest absolute Gasteiger partial charge is 0.573 e. The number of rotatable bonds is 8. The van der Waals surface area contributed by atoms with E-state index in [1.165, 1.54) is 35.6 Å². The van der Waals surface area contributed by atoms with Crippen molar-refractivity contribution in [3.63, 3.8) is 0 Å². The number of carbonyl (C=O) groups is 2. The molecule has 0 saturated heterocycles. The number of amides is 1. The normalized spacial score (nSPS) is 15.5. The third-order valence-corrected chi connectivity index (χ3v) is 7.59. The van der Waals surface area contributed by atoms with Crippen molar-refractivity contribution in [1.29, 1.82) is 0 Å². The van der Waals surface area contributed by atoms with Crippen molar-refractivity contribution in [3.8, 4) is 11.5 Å². The maximum atomic E-state index is 13.2. The van der Waals surface area contributed by atoms with Crippen molar-refractivity contribution >= 4 is 44.9 Å². The van der Waals surface area contributed by atoms with Gasteiger partial charge in [0.1, 0.15) is 24.1 Å². The second-order valence-electron chi connectivity index (χ2n) is 8.70. The van der Waals surface area contributed by atoms with Gasteiger partial charge in [-0.25, -0.2) is 4.79 Å². The standard InChI is InChI=1S/C24H21ClF3NO5S/c1-12-17-16(35-20(12)25)8-7-15(21(30)29-19(22(31)32)23(2)9-10-23)18(17)33-11-13-3-5-14(6-4-13)34-24(26,27)28/h3-8,19H,9-11H2,1-2H3,(H,29,30)(H,31,32)/t19-/m1/s1. The number of carboxylic acids is 1. The first-order valence-corrected chi connectivity index (χ1v) is 11.8. The Bertz CT molecular complexity index is 1290. The SMILES string of the molecule is Cc1c(Cl)sc2ccc(C(=O)N[C@H](C(=O)O)C3(C)CC3)c(OCc3ccc(OC(F)(F)F)cc3)c12. The van der Waals surface area contributed by atoms with Crippen LogP contribution in [0.15, 0.2) is 36.4 Å². The number of alkyl halides is 3. The van der Waals surface area contributed by atoms with Gasteiger partial charge in [-0.1, -0.05) is 30.7 Å². The Morgan fingerprint density at radius 3 is 2.43 bits per heavy atom. The number of aryl methyl sites for hydroxylation is 1. The second-order valence-corrected chi connectivity index (χ2v) is 10.3. The topological polar surface area (TPSA) is 84.9 Å². The van der Waals surface area contributed by atoms with Crippen LogP contribution >= 0.6 is 22.9 Å². The molecule has 11 heteroatoms. The molecule has 1 aliphatic rings. The average Bonchev–Trinajstić information content (AvgIpc) is 3.45. The van der Waals surface area contributed by atoms with Gasteiger partial charge in [0.15, 0.2) is 0 Å². The van der Waals surface area contributed by atoms with E-state index in [9.17, 15) is 27.9 Å². The second kappa shape index (κ2) is 9.23. The Labute approximate surface area is 207 Å². The molecule has 0 unspecified atom stereocenters. The molecule has 6 nitrogen and oxygen atoms in total. The van der Waals surface area contributed by atoms with Crippen molar-refractivity contribution in [2.45, 2.75) is 45.7 Å². The summed E-state index contributed by atoms with van der Waals surface area (Å²) < 4.78 is 48.4. The molecule has 1 heterocycles. The van der Waals surface area contributed by atoms with Gasteiger partial charge < -0.3 is 19.9 Å². The van der Waals surface area contributed by atoms with E-state index in [2.05, 4.69) is 10.1 Å². The maximum Gasteiger partial charge on any atom is 0.573 e. The molecule has 1 aliphatic carbocycles.